The van der Waals surface area contributed by atoms with E-state index in [4.69, 9.17) is 15.9 Å². The number of carbonyl (C=O) groups is 1. The predicted molar refractivity (Wildman–Crippen MR) is 79.0 cm³/mol. The first kappa shape index (κ1) is 16.8. The molecule has 1 fully saturated rings. The Morgan fingerprint density at radius 2 is 2.30 bits per heavy atom. The van der Waals surface area contributed by atoms with Crippen LogP contribution >= 0.6 is 0 Å². The van der Waals surface area contributed by atoms with E-state index in [1.54, 1.807) is 5.32 Å². The van der Waals surface area contributed by atoms with Crippen LogP contribution in [0, 0.1) is 11.2 Å². The first-order valence-corrected chi connectivity index (χ1v) is 6.69. The van der Waals surface area contributed by atoms with Crippen molar-refractivity contribution in [3.8, 4) is 0 Å². The van der Waals surface area contributed by atoms with Crippen LogP contribution in [0.2, 0.25) is 0 Å². The summed E-state index contributed by atoms with van der Waals surface area (Å²) in [5.41, 5.74) is 5.59. The van der Waals surface area contributed by atoms with Gasteiger partial charge in [0.1, 0.15) is 11.9 Å². The van der Waals surface area contributed by atoms with Crippen LogP contribution in [0.3, 0.4) is 0 Å². The Morgan fingerprint density at radius 3 is 2.83 bits per heavy atom. The van der Waals surface area contributed by atoms with Gasteiger partial charge in [-0.3, -0.25) is 4.90 Å². The predicted octanol–water partition coefficient (Wildman–Crippen LogP) is 1.91. The van der Waals surface area contributed by atoms with Crippen molar-refractivity contribution in [2.75, 3.05) is 18.0 Å². The average molecular weight is 328 g/mol. The number of nitrogens with one attached hydrogen (secondary N) is 2. The van der Waals surface area contributed by atoms with Gasteiger partial charge in [0.05, 0.1) is 12.2 Å². The number of ether oxygens (including phenoxy) is 1. The molecule has 6 nitrogen and oxygen atoms in total. The van der Waals surface area contributed by atoms with Crippen molar-refractivity contribution < 1.29 is 22.7 Å². The van der Waals surface area contributed by atoms with Gasteiger partial charge >= 0.3 is 12.6 Å². The third-order valence-corrected chi connectivity index (χ3v) is 3.23. The minimum absolute atomic E-state index is 0.0418. The minimum Gasteiger partial charge on any atom is -0.443 e. The first-order chi connectivity index (χ1) is 11.0. The molecular formula is C14H15F3N4O2. The van der Waals surface area contributed by atoms with Crippen molar-refractivity contribution in [2.45, 2.75) is 12.7 Å². The number of halogens is 3. The SMILES string of the molecule is N=C/C(=C\NC(F)F)c1ccc(N2C[C@H](CN)OC2=O)cc1F. The maximum absolute atomic E-state index is 14.2. The third kappa shape index (κ3) is 3.81. The fourth-order valence-corrected chi connectivity index (χ4v) is 2.11. The van der Waals surface area contributed by atoms with Gasteiger partial charge in [0.25, 0.3) is 0 Å². The van der Waals surface area contributed by atoms with E-state index >= 15 is 0 Å². The second-order valence-electron chi connectivity index (χ2n) is 4.73. The van der Waals surface area contributed by atoms with E-state index in [1.807, 2.05) is 0 Å². The third-order valence-electron chi connectivity index (χ3n) is 3.23. The Bertz CT molecular complexity index is 636. The average Bonchev–Trinajstić information content (AvgIpc) is 2.90. The zero-order chi connectivity index (χ0) is 17.0. The van der Waals surface area contributed by atoms with Gasteiger partial charge in [-0.25, -0.2) is 9.18 Å². The molecule has 23 heavy (non-hydrogen) atoms. The largest absolute Gasteiger partial charge is 0.443 e. The summed E-state index contributed by atoms with van der Waals surface area (Å²) in [6.07, 6.45) is 0.513. The van der Waals surface area contributed by atoms with Crippen LogP contribution < -0.4 is 16.0 Å². The van der Waals surface area contributed by atoms with Crippen molar-refractivity contribution >= 4 is 23.6 Å². The number of alkyl halides is 2. The van der Waals surface area contributed by atoms with Crippen LogP contribution in [0.15, 0.2) is 24.4 Å². The maximum atomic E-state index is 14.2. The number of nitrogens with two attached hydrogens (primary N) is 1. The van der Waals surface area contributed by atoms with E-state index in [2.05, 4.69) is 0 Å². The number of nitrogens with zero attached hydrogens (tertiary/aromatic N) is 1. The number of anilines is 1. The quantitative estimate of drug-likeness (QED) is 0.549. The molecule has 1 aromatic carbocycles. The first-order valence-electron chi connectivity index (χ1n) is 6.69. The van der Waals surface area contributed by atoms with Crippen LogP contribution in [0.4, 0.5) is 23.7 Å². The van der Waals surface area contributed by atoms with Gasteiger partial charge in [-0.2, -0.15) is 8.78 Å². The van der Waals surface area contributed by atoms with Crippen molar-refractivity contribution in [1.82, 2.24) is 5.32 Å². The second kappa shape index (κ2) is 7.14. The highest BCUT2D eigenvalue weighted by atomic mass is 19.3. The lowest BCUT2D eigenvalue weighted by Crippen LogP contribution is -2.27. The molecule has 0 saturated carbocycles. The molecule has 1 amide bonds. The van der Waals surface area contributed by atoms with Crippen molar-refractivity contribution in [3.05, 3.63) is 35.8 Å². The second-order valence-corrected chi connectivity index (χ2v) is 4.73. The number of benzene rings is 1. The fraction of sp³-hybridized carbons (Fsp3) is 0.286. The minimum atomic E-state index is -2.82. The lowest BCUT2D eigenvalue weighted by Gasteiger charge is -2.14. The molecule has 2 rings (SSSR count). The van der Waals surface area contributed by atoms with Crippen LogP contribution in [0.5, 0.6) is 0 Å². The van der Waals surface area contributed by atoms with E-state index in [0.717, 1.165) is 18.5 Å². The van der Waals surface area contributed by atoms with Gasteiger partial charge < -0.3 is 21.2 Å². The summed E-state index contributed by atoms with van der Waals surface area (Å²) < 4.78 is 43.5. The van der Waals surface area contributed by atoms with Crippen LogP contribution in [0.25, 0.3) is 5.57 Å². The summed E-state index contributed by atoms with van der Waals surface area (Å²) in [7, 11) is 0. The highest BCUT2D eigenvalue weighted by molar-refractivity contribution is 6.08. The van der Waals surface area contributed by atoms with Gasteiger partial charge in [-0.1, -0.05) is 0 Å². The highest BCUT2D eigenvalue weighted by Crippen LogP contribution is 2.26. The molecule has 0 bridgehead atoms. The van der Waals surface area contributed by atoms with Crippen molar-refractivity contribution in [1.29, 1.82) is 5.41 Å². The molecule has 0 spiro atoms. The summed E-state index contributed by atoms with van der Waals surface area (Å²) in [6.45, 7) is -2.46. The Kier molecular flexibility index (Phi) is 5.22. The van der Waals surface area contributed by atoms with E-state index < -0.39 is 24.6 Å². The molecular weight excluding hydrogens is 313 g/mol. The Labute approximate surface area is 130 Å². The summed E-state index contributed by atoms with van der Waals surface area (Å²) in [4.78, 5) is 12.9. The molecule has 0 aromatic heterocycles. The monoisotopic (exact) mass is 328 g/mol. The van der Waals surface area contributed by atoms with Crippen molar-refractivity contribution in [2.24, 2.45) is 5.73 Å². The number of allylic oxidation sites excluding steroid dienone is 1. The standard InChI is InChI=1S/C14H15F3N4O2/c15-12-3-9(21-7-10(5-19)23-14(21)22)1-2-11(12)8(4-18)6-20-13(16)17/h1-4,6,10,13,18,20H,5,7,19H2/b8-6+,18-4?/t10-/m0/s1. The molecule has 1 aromatic rings. The number of hydrogen-bond donors (Lipinski definition) is 3. The lowest BCUT2D eigenvalue weighted by atomic mass is 10.1. The topological polar surface area (TPSA) is 91.4 Å². The Morgan fingerprint density at radius 1 is 1.57 bits per heavy atom. The zero-order valence-electron chi connectivity index (χ0n) is 11.9. The normalized spacial score (nSPS) is 18.3. The molecule has 9 heteroatoms. The van der Waals surface area contributed by atoms with E-state index in [0.29, 0.717) is 0 Å². The molecule has 1 heterocycles. The zero-order valence-corrected chi connectivity index (χ0v) is 11.9. The number of rotatable bonds is 6. The number of carbonyl (C=O) groups excluding carboxylic acids is 1. The molecule has 1 aliphatic rings. The van der Waals surface area contributed by atoms with Gasteiger partial charge in [0.15, 0.2) is 0 Å². The summed E-state index contributed by atoms with van der Waals surface area (Å²) >= 11 is 0. The molecule has 1 aliphatic heterocycles. The molecule has 1 saturated heterocycles. The molecule has 0 radical (unpaired) electrons. The summed E-state index contributed by atoms with van der Waals surface area (Å²) in [5, 5.41) is 8.90. The molecule has 0 aliphatic carbocycles. The summed E-state index contributed by atoms with van der Waals surface area (Å²) in [5.74, 6) is -0.752. The van der Waals surface area contributed by atoms with Crippen LogP contribution in [0.1, 0.15) is 5.56 Å². The fourth-order valence-electron chi connectivity index (χ4n) is 2.11. The highest BCUT2D eigenvalue weighted by Gasteiger charge is 2.31. The Hall–Kier alpha value is -2.55. The van der Waals surface area contributed by atoms with Gasteiger partial charge in [0.2, 0.25) is 0 Å². The number of amides is 1. The van der Waals surface area contributed by atoms with Gasteiger partial charge in [0, 0.05) is 30.1 Å². The molecule has 0 unspecified atom stereocenters. The van der Waals surface area contributed by atoms with Crippen LogP contribution in [-0.4, -0.2) is 38.1 Å². The number of cyclic esters (lactones) is 1. The van der Waals surface area contributed by atoms with E-state index in [1.165, 1.54) is 17.0 Å². The van der Waals surface area contributed by atoms with E-state index in [-0.39, 0.29) is 29.9 Å². The molecule has 4 N–H and O–H groups in total. The molecule has 124 valence electrons. The van der Waals surface area contributed by atoms with Crippen molar-refractivity contribution in [3.63, 3.8) is 0 Å². The van der Waals surface area contributed by atoms with E-state index in [9.17, 15) is 18.0 Å². The van der Waals surface area contributed by atoms with Crippen LogP contribution in [-0.2, 0) is 4.74 Å². The van der Waals surface area contributed by atoms with Gasteiger partial charge in [-0.15, -0.1) is 0 Å². The lowest BCUT2D eigenvalue weighted by molar-refractivity contribution is 0.125. The smallest absolute Gasteiger partial charge is 0.414 e. The number of hydrogen-bond acceptors (Lipinski definition) is 5. The maximum Gasteiger partial charge on any atom is 0.414 e. The molecule has 1 atom stereocenters. The Balaban J connectivity index is 2.25. The van der Waals surface area contributed by atoms with Gasteiger partial charge in [-0.05, 0) is 18.2 Å². The summed E-state index contributed by atoms with van der Waals surface area (Å²) in [6, 6.07) is 3.82.